The predicted molar refractivity (Wildman–Crippen MR) is 152 cm³/mol. The number of nitrogens with one attached hydrogen (secondary N) is 1. The summed E-state index contributed by atoms with van der Waals surface area (Å²) in [5.41, 5.74) is 10.5. The molecule has 0 aliphatic carbocycles. The fraction of sp³-hybridized carbons (Fsp3) is 0.344. The van der Waals surface area contributed by atoms with E-state index in [0.717, 1.165) is 54.2 Å². The molecule has 0 bridgehead atoms. The third-order valence-corrected chi connectivity index (χ3v) is 8.00. The van der Waals surface area contributed by atoms with E-state index in [1.54, 1.807) is 11.0 Å². The van der Waals surface area contributed by atoms with Crippen molar-refractivity contribution in [1.29, 1.82) is 0 Å². The highest BCUT2D eigenvalue weighted by Gasteiger charge is 2.39. The van der Waals surface area contributed by atoms with Crippen molar-refractivity contribution in [2.75, 3.05) is 13.1 Å². The van der Waals surface area contributed by atoms with Gasteiger partial charge in [0.05, 0.1) is 0 Å². The van der Waals surface area contributed by atoms with E-state index in [9.17, 15) is 14.4 Å². The van der Waals surface area contributed by atoms with Crippen LogP contribution in [-0.2, 0) is 35.8 Å². The van der Waals surface area contributed by atoms with E-state index < -0.39 is 11.9 Å². The van der Waals surface area contributed by atoms with Crippen LogP contribution in [0.3, 0.4) is 0 Å². The van der Waals surface area contributed by atoms with Gasteiger partial charge in [-0.3, -0.25) is 24.6 Å². The molecule has 9 heteroatoms. The van der Waals surface area contributed by atoms with Crippen molar-refractivity contribution in [2.45, 2.75) is 57.6 Å². The molecule has 3 aromatic carbocycles. The van der Waals surface area contributed by atoms with Gasteiger partial charge in [0, 0.05) is 44.7 Å². The molecule has 0 radical (unpaired) electrons. The van der Waals surface area contributed by atoms with Crippen LogP contribution in [0.2, 0.25) is 0 Å². The van der Waals surface area contributed by atoms with Gasteiger partial charge in [-0.1, -0.05) is 36.4 Å². The van der Waals surface area contributed by atoms with E-state index in [1.165, 1.54) is 5.56 Å². The quantitative estimate of drug-likeness (QED) is 0.391. The van der Waals surface area contributed by atoms with Crippen molar-refractivity contribution in [3.05, 3.63) is 94.5 Å². The lowest BCUT2D eigenvalue weighted by molar-refractivity contribution is -0.136. The smallest absolute Gasteiger partial charge is 0.255 e. The second-order valence-corrected chi connectivity index (χ2v) is 10.9. The zero-order valence-corrected chi connectivity index (χ0v) is 22.9. The molecule has 0 spiro atoms. The minimum absolute atomic E-state index is 0.0484. The van der Waals surface area contributed by atoms with Crippen LogP contribution in [0.4, 0.5) is 0 Å². The van der Waals surface area contributed by atoms with Crippen molar-refractivity contribution >= 4 is 17.7 Å². The van der Waals surface area contributed by atoms with Gasteiger partial charge in [-0.05, 0) is 65.4 Å². The number of rotatable bonds is 9. The van der Waals surface area contributed by atoms with Gasteiger partial charge in [0.15, 0.2) is 0 Å². The van der Waals surface area contributed by atoms with Gasteiger partial charge in [0.2, 0.25) is 11.8 Å². The molecule has 3 aliphatic rings. The number of amides is 3. The standard InChI is InChI=1S/C32H34N4O5/c33-16-21-4-6-22(7-5-21)20-40-25-3-1-2-23(14-25)17-35-13-12-27(19-35)41-26-8-9-28-24(15-26)18-36(32(28)39)29-10-11-30(37)34-31(29)38/h1-9,14-15,27,29H,10-13,16-20,33H2,(H,34,37,38)/t27-,29?/m0/s1. The highest BCUT2D eigenvalue weighted by Crippen LogP contribution is 2.31. The molecule has 3 aromatic rings. The summed E-state index contributed by atoms with van der Waals surface area (Å²) in [6.45, 7) is 3.91. The van der Waals surface area contributed by atoms with E-state index in [4.69, 9.17) is 15.2 Å². The Morgan fingerprint density at radius 3 is 2.54 bits per heavy atom. The summed E-state index contributed by atoms with van der Waals surface area (Å²) < 4.78 is 12.4. The summed E-state index contributed by atoms with van der Waals surface area (Å²) in [6, 6.07) is 21.3. The Balaban J connectivity index is 1.01. The summed E-state index contributed by atoms with van der Waals surface area (Å²) in [6.07, 6.45) is 1.55. The largest absolute Gasteiger partial charge is 0.489 e. The molecule has 41 heavy (non-hydrogen) atoms. The van der Waals surface area contributed by atoms with E-state index in [1.807, 2.05) is 48.5 Å². The van der Waals surface area contributed by atoms with Crippen molar-refractivity contribution in [3.63, 3.8) is 0 Å². The maximum atomic E-state index is 13.0. The van der Waals surface area contributed by atoms with Crippen LogP contribution in [0.1, 0.15) is 51.9 Å². The van der Waals surface area contributed by atoms with Gasteiger partial charge in [0.1, 0.15) is 30.3 Å². The Hall–Kier alpha value is -4.21. The van der Waals surface area contributed by atoms with Crippen molar-refractivity contribution in [2.24, 2.45) is 5.73 Å². The first-order valence-corrected chi connectivity index (χ1v) is 14.1. The second kappa shape index (κ2) is 11.7. The fourth-order valence-electron chi connectivity index (χ4n) is 5.78. The number of piperidine rings is 1. The minimum atomic E-state index is -0.618. The van der Waals surface area contributed by atoms with Gasteiger partial charge in [-0.15, -0.1) is 0 Å². The lowest BCUT2D eigenvalue weighted by atomic mass is 10.0. The number of ether oxygens (including phenoxy) is 2. The number of imide groups is 1. The molecule has 9 nitrogen and oxygen atoms in total. The molecule has 1 unspecified atom stereocenters. The summed E-state index contributed by atoms with van der Waals surface area (Å²) in [4.78, 5) is 40.7. The number of hydrogen-bond acceptors (Lipinski definition) is 7. The number of carbonyl (C=O) groups is 3. The number of carbonyl (C=O) groups excluding carboxylic acids is 3. The lowest BCUT2D eigenvalue weighted by Gasteiger charge is -2.29. The molecule has 6 rings (SSSR count). The topological polar surface area (TPSA) is 114 Å². The van der Waals surface area contributed by atoms with Gasteiger partial charge in [-0.2, -0.15) is 0 Å². The van der Waals surface area contributed by atoms with Crippen LogP contribution in [-0.4, -0.2) is 52.8 Å². The molecule has 212 valence electrons. The van der Waals surface area contributed by atoms with Crippen molar-refractivity contribution in [3.8, 4) is 11.5 Å². The van der Waals surface area contributed by atoms with Gasteiger partial charge >= 0.3 is 0 Å². The molecule has 2 atom stereocenters. The Kier molecular flexibility index (Phi) is 7.71. The summed E-state index contributed by atoms with van der Waals surface area (Å²) >= 11 is 0. The predicted octanol–water partition coefficient (Wildman–Crippen LogP) is 3.14. The van der Waals surface area contributed by atoms with E-state index >= 15 is 0 Å². The SMILES string of the molecule is NCc1ccc(COc2cccc(CN3CC[C@H](Oc4ccc5c(c4)CN(C4CCC(=O)NC4=O)C5=O)C3)c2)cc1. The lowest BCUT2D eigenvalue weighted by Crippen LogP contribution is -2.52. The Labute approximate surface area is 239 Å². The normalized spacial score (nSPS) is 20.7. The van der Waals surface area contributed by atoms with Gasteiger partial charge in [-0.25, -0.2) is 0 Å². The number of likely N-dealkylation sites (tertiary alicyclic amines) is 1. The summed E-state index contributed by atoms with van der Waals surface area (Å²) in [5, 5.41) is 2.34. The molecule has 0 saturated carbocycles. The minimum Gasteiger partial charge on any atom is -0.489 e. The highest BCUT2D eigenvalue weighted by atomic mass is 16.5. The summed E-state index contributed by atoms with van der Waals surface area (Å²) in [7, 11) is 0. The Morgan fingerprint density at radius 2 is 1.73 bits per heavy atom. The fourth-order valence-corrected chi connectivity index (χ4v) is 5.78. The van der Waals surface area contributed by atoms with E-state index in [2.05, 4.69) is 22.3 Å². The van der Waals surface area contributed by atoms with E-state index in [0.29, 0.717) is 31.7 Å². The monoisotopic (exact) mass is 554 g/mol. The van der Waals surface area contributed by atoms with E-state index in [-0.39, 0.29) is 24.3 Å². The first-order chi connectivity index (χ1) is 19.9. The molecule has 2 saturated heterocycles. The van der Waals surface area contributed by atoms with Crippen LogP contribution >= 0.6 is 0 Å². The third kappa shape index (κ3) is 6.11. The molecule has 3 heterocycles. The van der Waals surface area contributed by atoms with Crippen molar-refractivity contribution < 1.29 is 23.9 Å². The molecule has 3 amide bonds. The zero-order chi connectivity index (χ0) is 28.3. The van der Waals surface area contributed by atoms with Crippen LogP contribution in [0, 0.1) is 0 Å². The number of benzene rings is 3. The van der Waals surface area contributed by atoms with Crippen LogP contribution in [0.5, 0.6) is 11.5 Å². The van der Waals surface area contributed by atoms with Gasteiger partial charge < -0.3 is 20.1 Å². The maximum absolute atomic E-state index is 13.0. The maximum Gasteiger partial charge on any atom is 0.255 e. The van der Waals surface area contributed by atoms with Crippen LogP contribution < -0.4 is 20.5 Å². The van der Waals surface area contributed by atoms with Crippen LogP contribution in [0.15, 0.2) is 66.7 Å². The van der Waals surface area contributed by atoms with Crippen LogP contribution in [0.25, 0.3) is 0 Å². The average molecular weight is 555 g/mol. The second-order valence-electron chi connectivity index (χ2n) is 10.9. The average Bonchev–Trinajstić information content (AvgIpc) is 3.55. The Morgan fingerprint density at radius 1 is 0.902 bits per heavy atom. The van der Waals surface area contributed by atoms with Crippen molar-refractivity contribution in [1.82, 2.24) is 15.1 Å². The molecule has 0 aromatic heterocycles. The molecular weight excluding hydrogens is 520 g/mol. The molecule has 3 N–H and O–H groups in total. The number of nitrogens with zero attached hydrogens (tertiary/aromatic N) is 2. The highest BCUT2D eigenvalue weighted by molar-refractivity contribution is 6.05. The first kappa shape index (κ1) is 27.0. The molecular formula is C32H34N4O5. The van der Waals surface area contributed by atoms with Gasteiger partial charge in [0.25, 0.3) is 5.91 Å². The molecule has 2 fully saturated rings. The third-order valence-electron chi connectivity index (χ3n) is 8.00. The Bertz CT molecular complexity index is 1460. The first-order valence-electron chi connectivity index (χ1n) is 14.1. The summed E-state index contributed by atoms with van der Waals surface area (Å²) in [5.74, 6) is 0.700. The number of nitrogens with two attached hydrogens (primary N) is 1. The number of hydrogen-bond donors (Lipinski definition) is 2. The molecule has 3 aliphatic heterocycles. The zero-order valence-electron chi connectivity index (χ0n) is 22.9. The number of fused-ring (bicyclic) bond motifs is 1.